The second-order valence-corrected chi connectivity index (χ2v) is 13.4. The van der Waals surface area contributed by atoms with E-state index in [9.17, 15) is 18.0 Å². The van der Waals surface area contributed by atoms with Gasteiger partial charge in [-0.05, 0) is 67.3 Å². The summed E-state index contributed by atoms with van der Waals surface area (Å²) in [7, 11) is -2.79. The lowest BCUT2D eigenvalue weighted by Crippen LogP contribution is -2.53. The van der Waals surface area contributed by atoms with Gasteiger partial charge in [0.05, 0.1) is 22.7 Å². The van der Waals surface area contributed by atoms with Crippen molar-refractivity contribution in [1.29, 1.82) is 0 Å². The number of methoxy groups -OCH3 is 1. The molecule has 0 saturated heterocycles. The number of hydrogen-bond donors (Lipinski definition) is 1. The molecule has 1 saturated carbocycles. The molecule has 2 amide bonds. The predicted molar refractivity (Wildman–Crippen MR) is 170 cm³/mol. The highest BCUT2D eigenvalue weighted by molar-refractivity contribution is 7.92. The number of benzene rings is 3. The summed E-state index contributed by atoms with van der Waals surface area (Å²) in [5.74, 6) is -0.536. The molecule has 43 heavy (non-hydrogen) atoms. The molecule has 4 rings (SSSR count). The number of nitrogens with one attached hydrogen (secondary N) is 1. The Labute approximate surface area is 267 Å². The van der Waals surface area contributed by atoms with Crippen molar-refractivity contribution in [1.82, 2.24) is 10.2 Å². The maximum absolute atomic E-state index is 14.3. The van der Waals surface area contributed by atoms with Crippen LogP contribution >= 0.6 is 34.8 Å². The van der Waals surface area contributed by atoms with Crippen molar-refractivity contribution < 1.29 is 22.7 Å². The summed E-state index contributed by atoms with van der Waals surface area (Å²) in [5.41, 5.74) is 0.729. The van der Waals surface area contributed by atoms with E-state index >= 15 is 0 Å². The van der Waals surface area contributed by atoms with E-state index in [0.717, 1.165) is 30.0 Å². The van der Waals surface area contributed by atoms with Gasteiger partial charge in [-0.15, -0.1) is 0 Å². The Morgan fingerprint density at radius 3 is 2.28 bits per heavy atom. The van der Waals surface area contributed by atoms with Crippen LogP contribution in [0.15, 0.2) is 71.6 Å². The van der Waals surface area contributed by atoms with Crippen LogP contribution < -0.4 is 14.4 Å². The molecule has 0 unspecified atom stereocenters. The average molecular weight is 667 g/mol. The van der Waals surface area contributed by atoms with Crippen LogP contribution in [0.5, 0.6) is 5.75 Å². The highest BCUT2D eigenvalue weighted by Gasteiger charge is 2.35. The van der Waals surface area contributed by atoms with E-state index in [2.05, 4.69) is 5.32 Å². The zero-order valence-corrected chi connectivity index (χ0v) is 27.0. The minimum Gasteiger partial charge on any atom is -0.495 e. The van der Waals surface area contributed by atoms with Crippen molar-refractivity contribution in [3.05, 3.63) is 87.4 Å². The molecule has 3 aromatic carbocycles. The summed E-state index contributed by atoms with van der Waals surface area (Å²) in [6, 6.07) is 16.3. The van der Waals surface area contributed by atoms with Crippen LogP contribution in [0.25, 0.3) is 0 Å². The SMILES string of the molecule is CC[C@H](C(=O)NC1CCCC1)N(Cc1ccc(Cl)cc1Cl)C(=O)CN(c1ccc(OC)c(Cl)c1)S(=O)(=O)c1ccccc1. The zero-order valence-electron chi connectivity index (χ0n) is 23.9. The standard InChI is InChI=1S/C31H34Cl3N3O5S/c1-3-28(31(39)35-23-9-7-8-10-23)36(19-21-13-14-22(32)17-26(21)33)30(38)20-37(24-15-16-29(42-2)27(34)18-24)43(40,41)25-11-5-4-6-12-25/h4-6,11-18,23,28H,3,7-10,19-20H2,1-2H3,(H,35,39)/t28-/m1/s1. The third-order valence-corrected chi connectivity index (χ3v) is 10.1. The number of rotatable bonds is 12. The van der Waals surface area contributed by atoms with E-state index in [1.807, 2.05) is 6.92 Å². The first-order valence-corrected chi connectivity index (χ1v) is 16.6. The van der Waals surface area contributed by atoms with Crippen molar-refractivity contribution in [2.75, 3.05) is 18.0 Å². The van der Waals surface area contributed by atoms with Crippen LogP contribution in [0.4, 0.5) is 5.69 Å². The number of halogens is 3. The number of ether oxygens (including phenoxy) is 1. The summed E-state index contributed by atoms with van der Waals surface area (Å²) in [5, 5.41) is 4.01. The van der Waals surface area contributed by atoms with Gasteiger partial charge < -0.3 is 15.0 Å². The molecule has 0 bridgehead atoms. The molecular formula is C31H34Cl3N3O5S. The number of carbonyl (C=O) groups excluding carboxylic acids is 2. The van der Waals surface area contributed by atoms with Gasteiger partial charge in [0.25, 0.3) is 10.0 Å². The Morgan fingerprint density at radius 2 is 1.67 bits per heavy atom. The maximum Gasteiger partial charge on any atom is 0.264 e. The zero-order chi connectivity index (χ0) is 31.1. The average Bonchev–Trinajstić information content (AvgIpc) is 3.50. The lowest BCUT2D eigenvalue weighted by atomic mass is 10.1. The molecule has 1 fully saturated rings. The van der Waals surface area contributed by atoms with E-state index in [4.69, 9.17) is 39.5 Å². The van der Waals surface area contributed by atoms with E-state index < -0.39 is 28.5 Å². The summed E-state index contributed by atoms with van der Waals surface area (Å²) in [6.45, 7) is 1.18. The Morgan fingerprint density at radius 1 is 0.977 bits per heavy atom. The third kappa shape index (κ3) is 7.95. The fraction of sp³-hybridized carbons (Fsp3) is 0.355. The molecule has 0 radical (unpaired) electrons. The van der Waals surface area contributed by atoms with Crippen LogP contribution in [0.2, 0.25) is 15.1 Å². The van der Waals surface area contributed by atoms with Gasteiger partial charge in [-0.3, -0.25) is 13.9 Å². The van der Waals surface area contributed by atoms with Gasteiger partial charge in [-0.2, -0.15) is 0 Å². The third-order valence-electron chi connectivity index (χ3n) is 7.48. The van der Waals surface area contributed by atoms with Gasteiger partial charge in [0.2, 0.25) is 11.8 Å². The van der Waals surface area contributed by atoms with Crippen LogP contribution in [-0.2, 0) is 26.2 Å². The number of nitrogens with zero attached hydrogens (tertiary/aromatic N) is 2. The van der Waals surface area contributed by atoms with E-state index in [-0.39, 0.29) is 34.1 Å². The largest absolute Gasteiger partial charge is 0.495 e. The van der Waals surface area contributed by atoms with E-state index in [1.54, 1.807) is 36.4 Å². The fourth-order valence-electron chi connectivity index (χ4n) is 5.18. The Hall–Kier alpha value is -2.98. The molecule has 0 aliphatic heterocycles. The van der Waals surface area contributed by atoms with Crippen LogP contribution in [-0.4, -0.2) is 50.9 Å². The highest BCUT2D eigenvalue weighted by Crippen LogP contribution is 2.32. The van der Waals surface area contributed by atoms with Crippen LogP contribution in [0.3, 0.4) is 0 Å². The van der Waals surface area contributed by atoms with E-state index in [0.29, 0.717) is 27.8 Å². The maximum atomic E-state index is 14.3. The first-order valence-electron chi connectivity index (χ1n) is 14.0. The summed E-state index contributed by atoms with van der Waals surface area (Å²) < 4.78 is 34.2. The molecule has 8 nitrogen and oxygen atoms in total. The molecule has 0 spiro atoms. The number of anilines is 1. The predicted octanol–water partition coefficient (Wildman–Crippen LogP) is 6.72. The summed E-state index contributed by atoms with van der Waals surface area (Å²) in [4.78, 5) is 29.2. The fourth-order valence-corrected chi connectivity index (χ4v) is 7.33. The van der Waals surface area contributed by atoms with E-state index in [1.165, 1.54) is 42.3 Å². The van der Waals surface area contributed by atoms with Gasteiger partial charge in [-0.25, -0.2) is 8.42 Å². The molecule has 1 aliphatic carbocycles. The van der Waals surface area contributed by atoms with Gasteiger partial charge in [0.15, 0.2) is 0 Å². The van der Waals surface area contributed by atoms with Crippen molar-refractivity contribution >= 4 is 62.3 Å². The molecule has 3 aromatic rings. The lowest BCUT2D eigenvalue weighted by Gasteiger charge is -2.34. The number of sulfonamides is 1. The Balaban J connectivity index is 1.75. The van der Waals surface area contributed by atoms with Crippen molar-refractivity contribution in [3.63, 3.8) is 0 Å². The molecule has 1 atom stereocenters. The second kappa shape index (κ2) is 14.7. The number of amides is 2. The Kier molecular flexibility index (Phi) is 11.2. The van der Waals surface area contributed by atoms with Gasteiger partial charge in [0.1, 0.15) is 18.3 Å². The minimum atomic E-state index is -4.23. The molecule has 12 heteroatoms. The van der Waals surface area contributed by atoms with Crippen molar-refractivity contribution in [2.45, 2.75) is 62.6 Å². The first kappa shape index (κ1) is 32.9. The van der Waals surface area contributed by atoms with Gasteiger partial charge in [-0.1, -0.05) is 78.8 Å². The minimum absolute atomic E-state index is 0.00643. The summed E-state index contributed by atoms with van der Waals surface area (Å²) >= 11 is 19.0. The van der Waals surface area contributed by atoms with Crippen LogP contribution in [0, 0.1) is 0 Å². The van der Waals surface area contributed by atoms with Crippen LogP contribution in [0.1, 0.15) is 44.6 Å². The Bertz CT molecular complexity index is 1550. The normalized spacial score (nSPS) is 14.3. The lowest BCUT2D eigenvalue weighted by molar-refractivity contribution is -0.140. The molecule has 230 valence electrons. The second-order valence-electron chi connectivity index (χ2n) is 10.3. The number of hydrogen-bond acceptors (Lipinski definition) is 5. The smallest absolute Gasteiger partial charge is 0.264 e. The van der Waals surface area contributed by atoms with Crippen molar-refractivity contribution in [2.24, 2.45) is 0 Å². The monoisotopic (exact) mass is 665 g/mol. The molecular weight excluding hydrogens is 633 g/mol. The summed E-state index contributed by atoms with van der Waals surface area (Å²) in [6.07, 6.45) is 4.11. The molecule has 0 heterocycles. The topological polar surface area (TPSA) is 96.0 Å². The van der Waals surface area contributed by atoms with Crippen molar-refractivity contribution in [3.8, 4) is 5.75 Å². The molecule has 1 aliphatic rings. The molecule has 1 N–H and O–H groups in total. The van der Waals surface area contributed by atoms with Gasteiger partial charge >= 0.3 is 0 Å². The van der Waals surface area contributed by atoms with Gasteiger partial charge in [0, 0.05) is 22.6 Å². The highest BCUT2D eigenvalue weighted by atomic mass is 35.5. The molecule has 0 aromatic heterocycles. The number of carbonyl (C=O) groups is 2. The first-order chi connectivity index (χ1) is 20.5. The quantitative estimate of drug-likeness (QED) is 0.232.